The van der Waals surface area contributed by atoms with E-state index in [1.165, 1.54) is 5.56 Å². The average molecular weight is 290 g/mol. The van der Waals surface area contributed by atoms with Crippen LogP contribution >= 0.6 is 0 Å². The van der Waals surface area contributed by atoms with Crippen LogP contribution in [-0.2, 0) is 16.0 Å². The van der Waals surface area contributed by atoms with Gasteiger partial charge in [-0.3, -0.25) is 4.79 Å². The number of benzene rings is 1. The first kappa shape index (κ1) is 14.4. The largest absolute Gasteiger partial charge is 0.496 e. The maximum absolute atomic E-state index is 12.5. The van der Waals surface area contributed by atoms with E-state index in [0.29, 0.717) is 26.1 Å². The van der Waals surface area contributed by atoms with Crippen LogP contribution in [-0.4, -0.2) is 31.8 Å². The lowest BCUT2D eigenvalue weighted by Gasteiger charge is -2.33. The van der Waals surface area contributed by atoms with Gasteiger partial charge >= 0.3 is 0 Å². The number of hydrogen-bond donors (Lipinski definition) is 2. The minimum absolute atomic E-state index is 0.0332. The molecule has 0 aromatic heterocycles. The molecule has 0 spiro atoms. The molecule has 1 unspecified atom stereocenters. The molecule has 0 saturated carbocycles. The monoisotopic (exact) mass is 290 g/mol. The predicted molar refractivity (Wildman–Crippen MR) is 79.2 cm³/mol. The maximum atomic E-state index is 12.5. The van der Waals surface area contributed by atoms with E-state index >= 15 is 0 Å². The molecular weight excluding hydrogens is 268 g/mol. The minimum atomic E-state index is -0.792. The Kier molecular flexibility index (Phi) is 3.87. The van der Waals surface area contributed by atoms with Gasteiger partial charge in [-0.25, -0.2) is 0 Å². The summed E-state index contributed by atoms with van der Waals surface area (Å²) in [7, 11) is 1.68. The lowest BCUT2D eigenvalue weighted by molar-refractivity contribution is -0.130. The number of fused-ring (bicyclic) bond motifs is 1. The summed E-state index contributed by atoms with van der Waals surface area (Å²) in [5.74, 6) is 0.837. The van der Waals surface area contributed by atoms with Crippen molar-refractivity contribution < 1.29 is 14.3 Å². The van der Waals surface area contributed by atoms with E-state index in [2.05, 4.69) is 11.4 Å². The molecular formula is C16H22N2O3. The number of ether oxygens (including phenoxy) is 2. The molecule has 5 nitrogen and oxygen atoms in total. The van der Waals surface area contributed by atoms with Crippen molar-refractivity contribution in [3.05, 3.63) is 29.3 Å². The molecule has 1 aromatic rings. The summed E-state index contributed by atoms with van der Waals surface area (Å²) in [4.78, 5) is 12.5. The lowest BCUT2D eigenvalue weighted by atomic mass is 9.90. The fourth-order valence-corrected chi connectivity index (χ4v) is 3.23. The highest BCUT2D eigenvalue weighted by Crippen LogP contribution is 2.37. The second-order valence-corrected chi connectivity index (χ2v) is 5.86. The molecule has 2 aliphatic rings. The maximum Gasteiger partial charge on any atom is 0.240 e. The second kappa shape index (κ2) is 5.66. The average Bonchev–Trinajstić information content (AvgIpc) is 2.91. The number of amides is 1. The van der Waals surface area contributed by atoms with Crippen LogP contribution in [0.4, 0.5) is 0 Å². The van der Waals surface area contributed by atoms with Gasteiger partial charge in [0.1, 0.15) is 5.75 Å². The third-order valence-electron chi connectivity index (χ3n) is 4.59. The Morgan fingerprint density at radius 3 is 2.90 bits per heavy atom. The van der Waals surface area contributed by atoms with Crippen LogP contribution in [0.15, 0.2) is 18.2 Å². The first-order valence-corrected chi connectivity index (χ1v) is 7.47. The van der Waals surface area contributed by atoms with Gasteiger partial charge in [-0.2, -0.15) is 0 Å². The summed E-state index contributed by atoms with van der Waals surface area (Å²) in [6.45, 7) is 1.11. The van der Waals surface area contributed by atoms with Gasteiger partial charge in [0.2, 0.25) is 5.91 Å². The summed E-state index contributed by atoms with van der Waals surface area (Å²) in [5, 5.41) is 3.12. The van der Waals surface area contributed by atoms with Crippen LogP contribution in [0.2, 0.25) is 0 Å². The van der Waals surface area contributed by atoms with Crippen LogP contribution in [0.3, 0.4) is 0 Å². The second-order valence-electron chi connectivity index (χ2n) is 5.86. The molecule has 1 fully saturated rings. The van der Waals surface area contributed by atoms with Gasteiger partial charge in [-0.15, -0.1) is 0 Å². The SMILES string of the molecule is COc1cccc2c1CCC2NC(=O)C1(N)CCOCC1. The van der Waals surface area contributed by atoms with Crippen molar-refractivity contribution >= 4 is 5.91 Å². The lowest BCUT2D eigenvalue weighted by Crippen LogP contribution is -2.57. The van der Waals surface area contributed by atoms with E-state index in [-0.39, 0.29) is 11.9 Å². The molecule has 1 saturated heterocycles. The minimum Gasteiger partial charge on any atom is -0.496 e. The van der Waals surface area contributed by atoms with Crippen molar-refractivity contribution in [2.24, 2.45) is 5.73 Å². The predicted octanol–water partition coefficient (Wildman–Crippen LogP) is 1.31. The normalized spacial score (nSPS) is 23.4. The fraction of sp³-hybridized carbons (Fsp3) is 0.562. The zero-order chi connectivity index (χ0) is 14.9. The molecule has 0 bridgehead atoms. The Morgan fingerprint density at radius 1 is 1.43 bits per heavy atom. The van der Waals surface area contributed by atoms with Crippen LogP contribution in [0.25, 0.3) is 0 Å². The number of nitrogens with two attached hydrogens (primary N) is 1. The van der Waals surface area contributed by atoms with Crippen LogP contribution in [0, 0.1) is 0 Å². The van der Waals surface area contributed by atoms with Crippen molar-refractivity contribution in [1.82, 2.24) is 5.32 Å². The summed E-state index contributed by atoms with van der Waals surface area (Å²) >= 11 is 0. The third-order valence-corrected chi connectivity index (χ3v) is 4.59. The van der Waals surface area contributed by atoms with Gasteiger partial charge in [0, 0.05) is 13.2 Å². The van der Waals surface area contributed by atoms with Crippen LogP contribution in [0.1, 0.15) is 36.4 Å². The molecule has 3 rings (SSSR count). The fourth-order valence-electron chi connectivity index (χ4n) is 3.23. The Bertz CT molecular complexity index is 538. The van der Waals surface area contributed by atoms with E-state index < -0.39 is 5.54 Å². The number of methoxy groups -OCH3 is 1. The summed E-state index contributed by atoms with van der Waals surface area (Å²) in [5.41, 5.74) is 7.80. The van der Waals surface area contributed by atoms with E-state index in [9.17, 15) is 4.79 Å². The Balaban J connectivity index is 1.75. The molecule has 21 heavy (non-hydrogen) atoms. The summed E-state index contributed by atoms with van der Waals surface area (Å²) < 4.78 is 10.7. The van der Waals surface area contributed by atoms with Crippen molar-refractivity contribution in [2.45, 2.75) is 37.3 Å². The standard InChI is InChI=1S/C16H22N2O3/c1-20-14-4-2-3-11-12(14)5-6-13(11)18-15(19)16(17)7-9-21-10-8-16/h2-4,13H,5-10,17H2,1H3,(H,18,19). The molecule has 1 aliphatic heterocycles. The zero-order valence-electron chi connectivity index (χ0n) is 12.4. The van der Waals surface area contributed by atoms with E-state index in [1.807, 2.05) is 12.1 Å². The molecule has 3 N–H and O–H groups in total. The Morgan fingerprint density at radius 2 is 2.19 bits per heavy atom. The van der Waals surface area contributed by atoms with Gasteiger partial charge < -0.3 is 20.5 Å². The highest BCUT2D eigenvalue weighted by atomic mass is 16.5. The number of carbonyl (C=O) groups is 1. The van der Waals surface area contributed by atoms with E-state index in [4.69, 9.17) is 15.2 Å². The molecule has 5 heteroatoms. The van der Waals surface area contributed by atoms with Gasteiger partial charge in [-0.05, 0) is 42.9 Å². The molecule has 114 valence electrons. The van der Waals surface area contributed by atoms with Gasteiger partial charge in [0.25, 0.3) is 0 Å². The molecule has 1 aliphatic carbocycles. The zero-order valence-corrected chi connectivity index (χ0v) is 12.4. The van der Waals surface area contributed by atoms with E-state index in [1.54, 1.807) is 7.11 Å². The molecule has 1 heterocycles. The number of nitrogens with one attached hydrogen (secondary N) is 1. The van der Waals surface area contributed by atoms with E-state index in [0.717, 1.165) is 24.2 Å². The summed E-state index contributed by atoms with van der Waals surface area (Å²) in [6, 6.07) is 6.02. The molecule has 0 radical (unpaired) electrons. The molecule has 1 amide bonds. The topological polar surface area (TPSA) is 73.6 Å². The molecule has 1 aromatic carbocycles. The number of hydrogen-bond acceptors (Lipinski definition) is 4. The highest BCUT2D eigenvalue weighted by molar-refractivity contribution is 5.86. The summed E-state index contributed by atoms with van der Waals surface area (Å²) in [6.07, 6.45) is 2.98. The Hall–Kier alpha value is -1.59. The smallest absolute Gasteiger partial charge is 0.240 e. The van der Waals surface area contributed by atoms with Crippen molar-refractivity contribution in [3.8, 4) is 5.75 Å². The first-order valence-electron chi connectivity index (χ1n) is 7.47. The first-order chi connectivity index (χ1) is 10.1. The van der Waals surface area contributed by atoms with Crippen molar-refractivity contribution in [1.29, 1.82) is 0 Å². The van der Waals surface area contributed by atoms with Gasteiger partial charge in [0.15, 0.2) is 0 Å². The van der Waals surface area contributed by atoms with Gasteiger partial charge in [0.05, 0.1) is 18.7 Å². The van der Waals surface area contributed by atoms with Crippen molar-refractivity contribution in [2.75, 3.05) is 20.3 Å². The van der Waals surface area contributed by atoms with Crippen LogP contribution < -0.4 is 15.8 Å². The Labute approximate surface area is 124 Å². The van der Waals surface area contributed by atoms with Gasteiger partial charge in [-0.1, -0.05) is 12.1 Å². The molecule has 1 atom stereocenters. The third kappa shape index (κ3) is 2.63. The highest BCUT2D eigenvalue weighted by Gasteiger charge is 2.38. The number of rotatable bonds is 3. The van der Waals surface area contributed by atoms with Crippen molar-refractivity contribution in [3.63, 3.8) is 0 Å². The quantitative estimate of drug-likeness (QED) is 0.880. The van der Waals surface area contributed by atoms with Crippen LogP contribution in [0.5, 0.6) is 5.75 Å². The number of carbonyl (C=O) groups excluding carboxylic acids is 1.